The molecule has 1 amide bonds. The molecular formula is C11H20N2OS. The molecular weight excluding hydrogens is 208 g/mol. The van der Waals surface area contributed by atoms with E-state index < -0.39 is 5.54 Å². The summed E-state index contributed by atoms with van der Waals surface area (Å²) in [5, 5.41) is 2.92. The lowest BCUT2D eigenvalue weighted by molar-refractivity contribution is -0.126. The summed E-state index contributed by atoms with van der Waals surface area (Å²) in [7, 11) is 0. The highest BCUT2D eigenvalue weighted by Gasteiger charge is 2.28. The van der Waals surface area contributed by atoms with Gasteiger partial charge in [-0.25, -0.2) is 0 Å². The van der Waals surface area contributed by atoms with E-state index in [-0.39, 0.29) is 11.8 Å². The van der Waals surface area contributed by atoms with Crippen LogP contribution in [0.1, 0.15) is 46.0 Å². The molecule has 0 atom stereocenters. The Bertz CT molecular complexity index is 257. The number of hydrogen-bond donors (Lipinski definition) is 2. The second kappa shape index (κ2) is 4.92. The summed E-state index contributed by atoms with van der Waals surface area (Å²) in [6, 6.07) is 0. The van der Waals surface area contributed by atoms with Gasteiger partial charge in [0.2, 0.25) is 5.91 Å². The maximum atomic E-state index is 11.9. The average Bonchev–Trinajstić information content (AvgIpc) is 2.18. The highest BCUT2D eigenvalue weighted by molar-refractivity contribution is 7.80. The number of rotatable bonds is 3. The van der Waals surface area contributed by atoms with Crippen molar-refractivity contribution in [3.8, 4) is 0 Å². The molecule has 1 saturated carbocycles. The van der Waals surface area contributed by atoms with Crippen molar-refractivity contribution in [2.24, 2.45) is 11.7 Å². The predicted octanol–water partition coefficient (Wildman–Crippen LogP) is 1.75. The van der Waals surface area contributed by atoms with Crippen molar-refractivity contribution in [3.63, 3.8) is 0 Å². The first-order chi connectivity index (χ1) is 6.93. The molecule has 0 heterocycles. The maximum Gasteiger partial charge on any atom is 0.223 e. The summed E-state index contributed by atoms with van der Waals surface area (Å²) in [6.07, 6.45) is 5.57. The molecule has 0 aromatic heterocycles. The van der Waals surface area contributed by atoms with Crippen LogP contribution in [0.5, 0.6) is 0 Å². The number of nitrogens with two attached hydrogens (primary N) is 1. The highest BCUT2D eigenvalue weighted by atomic mass is 32.1. The smallest absolute Gasteiger partial charge is 0.223 e. The first-order valence-electron chi connectivity index (χ1n) is 5.55. The SMILES string of the molecule is CC(C)(NC(=O)C1CCCCC1)C(N)=S. The number of nitrogens with one attached hydrogen (secondary N) is 1. The fraction of sp³-hybridized carbons (Fsp3) is 0.818. The van der Waals surface area contributed by atoms with Gasteiger partial charge in [-0.3, -0.25) is 4.79 Å². The Hall–Kier alpha value is -0.640. The van der Waals surface area contributed by atoms with Gasteiger partial charge in [0.1, 0.15) is 0 Å². The van der Waals surface area contributed by atoms with E-state index in [1.165, 1.54) is 6.42 Å². The van der Waals surface area contributed by atoms with Gasteiger partial charge in [-0.1, -0.05) is 31.5 Å². The zero-order chi connectivity index (χ0) is 11.5. The lowest BCUT2D eigenvalue weighted by atomic mass is 9.88. The molecule has 1 aliphatic carbocycles. The summed E-state index contributed by atoms with van der Waals surface area (Å²) in [6.45, 7) is 3.69. The first-order valence-corrected chi connectivity index (χ1v) is 5.96. The van der Waals surface area contributed by atoms with E-state index in [0.29, 0.717) is 4.99 Å². The third kappa shape index (κ3) is 3.45. The van der Waals surface area contributed by atoms with Crippen molar-refractivity contribution in [2.75, 3.05) is 0 Å². The molecule has 86 valence electrons. The molecule has 0 unspecified atom stereocenters. The molecule has 1 fully saturated rings. The summed E-state index contributed by atoms with van der Waals surface area (Å²) in [4.78, 5) is 12.2. The second-order valence-electron chi connectivity index (χ2n) is 4.81. The van der Waals surface area contributed by atoms with Gasteiger partial charge in [-0.05, 0) is 26.7 Å². The normalized spacial score (nSPS) is 18.5. The third-order valence-corrected chi connectivity index (χ3v) is 3.54. The van der Waals surface area contributed by atoms with E-state index in [4.69, 9.17) is 18.0 Å². The molecule has 4 heteroatoms. The quantitative estimate of drug-likeness (QED) is 0.724. The van der Waals surface area contributed by atoms with Crippen LogP contribution in [0.15, 0.2) is 0 Å². The molecule has 1 rings (SSSR count). The largest absolute Gasteiger partial charge is 0.391 e. The fourth-order valence-electron chi connectivity index (χ4n) is 1.84. The number of hydrogen-bond acceptors (Lipinski definition) is 2. The van der Waals surface area contributed by atoms with Gasteiger partial charge in [0.15, 0.2) is 0 Å². The van der Waals surface area contributed by atoms with E-state index in [9.17, 15) is 4.79 Å². The van der Waals surface area contributed by atoms with Crippen LogP contribution in [-0.2, 0) is 4.79 Å². The molecule has 0 saturated heterocycles. The second-order valence-corrected chi connectivity index (χ2v) is 5.25. The van der Waals surface area contributed by atoms with Crippen molar-refractivity contribution >= 4 is 23.1 Å². The monoisotopic (exact) mass is 228 g/mol. The van der Waals surface area contributed by atoms with Crippen molar-refractivity contribution in [1.29, 1.82) is 0 Å². The summed E-state index contributed by atoms with van der Waals surface area (Å²) in [5.74, 6) is 0.264. The van der Waals surface area contributed by atoms with E-state index >= 15 is 0 Å². The zero-order valence-electron chi connectivity index (χ0n) is 9.51. The Balaban J connectivity index is 2.50. The lowest BCUT2D eigenvalue weighted by Gasteiger charge is -2.29. The molecule has 0 aliphatic heterocycles. The van der Waals surface area contributed by atoms with Gasteiger partial charge in [-0.2, -0.15) is 0 Å². The van der Waals surface area contributed by atoms with E-state index in [0.717, 1.165) is 25.7 Å². The van der Waals surface area contributed by atoms with Crippen LogP contribution in [0.3, 0.4) is 0 Å². The summed E-state index contributed by atoms with van der Waals surface area (Å²) >= 11 is 4.91. The van der Waals surface area contributed by atoms with Crippen LogP contribution >= 0.6 is 12.2 Å². The number of amides is 1. The number of thiocarbonyl (C=S) groups is 1. The Morgan fingerprint density at radius 1 is 1.33 bits per heavy atom. The highest BCUT2D eigenvalue weighted by Crippen LogP contribution is 2.24. The van der Waals surface area contributed by atoms with Crippen molar-refractivity contribution in [2.45, 2.75) is 51.5 Å². The van der Waals surface area contributed by atoms with Crippen LogP contribution in [0.2, 0.25) is 0 Å². The first kappa shape index (κ1) is 12.4. The molecule has 0 bridgehead atoms. The fourth-order valence-corrected chi connectivity index (χ4v) is 1.89. The molecule has 1 aliphatic rings. The van der Waals surface area contributed by atoms with Gasteiger partial charge in [0.05, 0.1) is 10.5 Å². The van der Waals surface area contributed by atoms with Crippen LogP contribution in [0.25, 0.3) is 0 Å². The minimum absolute atomic E-state index is 0.104. The lowest BCUT2D eigenvalue weighted by Crippen LogP contribution is -2.53. The van der Waals surface area contributed by atoms with Crippen LogP contribution < -0.4 is 11.1 Å². The summed E-state index contributed by atoms with van der Waals surface area (Å²) in [5.41, 5.74) is 5.00. The molecule has 0 aromatic rings. The maximum absolute atomic E-state index is 11.9. The predicted molar refractivity (Wildman–Crippen MR) is 65.6 cm³/mol. The Morgan fingerprint density at radius 2 is 1.87 bits per heavy atom. The minimum Gasteiger partial charge on any atom is -0.391 e. The van der Waals surface area contributed by atoms with Gasteiger partial charge in [0.25, 0.3) is 0 Å². The summed E-state index contributed by atoms with van der Waals surface area (Å²) < 4.78 is 0. The molecule has 15 heavy (non-hydrogen) atoms. The van der Waals surface area contributed by atoms with Gasteiger partial charge < -0.3 is 11.1 Å². The van der Waals surface area contributed by atoms with E-state index in [2.05, 4.69) is 5.32 Å². The number of carbonyl (C=O) groups excluding carboxylic acids is 1. The van der Waals surface area contributed by atoms with Crippen LogP contribution in [-0.4, -0.2) is 16.4 Å². The Morgan fingerprint density at radius 3 is 2.33 bits per heavy atom. The van der Waals surface area contributed by atoms with Gasteiger partial charge >= 0.3 is 0 Å². The molecule has 0 spiro atoms. The van der Waals surface area contributed by atoms with Crippen LogP contribution in [0, 0.1) is 5.92 Å². The standard InChI is InChI=1S/C11H20N2OS/c1-11(2,10(12)15)13-9(14)8-6-4-3-5-7-8/h8H,3-7H2,1-2H3,(H2,12,15)(H,13,14). The van der Waals surface area contributed by atoms with E-state index in [1.54, 1.807) is 0 Å². The van der Waals surface area contributed by atoms with Gasteiger partial charge in [0, 0.05) is 5.92 Å². The Labute approximate surface area is 96.8 Å². The van der Waals surface area contributed by atoms with Crippen LogP contribution in [0.4, 0.5) is 0 Å². The topological polar surface area (TPSA) is 55.1 Å². The molecule has 3 N–H and O–H groups in total. The minimum atomic E-state index is -0.566. The van der Waals surface area contributed by atoms with Crippen molar-refractivity contribution in [1.82, 2.24) is 5.32 Å². The third-order valence-electron chi connectivity index (χ3n) is 3.03. The van der Waals surface area contributed by atoms with E-state index in [1.807, 2.05) is 13.8 Å². The Kier molecular flexibility index (Phi) is 4.08. The van der Waals surface area contributed by atoms with Gasteiger partial charge in [-0.15, -0.1) is 0 Å². The van der Waals surface area contributed by atoms with Crippen molar-refractivity contribution in [3.05, 3.63) is 0 Å². The zero-order valence-corrected chi connectivity index (χ0v) is 10.3. The van der Waals surface area contributed by atoms with Crippen molar-refractivity contribution < 1.29 is 4.79 Å². The molecule has 3 nitrogen and oxygen atoms in total. The average molecular weight is 228 g/mol. The number of carbonyl (C=O) groups is 1. The molecule has 0 radical (unpaired) electrons. The molecule has 0 aromatic carbocycles.